The summed E-state index contributed by atoms with van der Waals surface area (Å²) in [6.07, 6.45) is 3.86. The number of likely N-dealkylation sites (N-methyl/N-ethyl adjacent to an activating group) is 1. The summed E-state index contributed by atoms with van der Waals surface area (Å²) in [7, 11) is 0. The van der Waals surface area contributed by atoms with E-state index in [0.29, 0.717) is 6.54 Å². The lowest BCUT2D eigenvalue weighted by Gasteiger charge is -2.28. The van der Waals surface area contributed by atoms with Gasteiger partial charge in [-0.05, 0) is 37.5 Å². The number of rotatable bonds is 3. The third-order valence-corrected chi connectivity index (χ3v) is 3.63. The Hall–Kier alpha value is -1.38. The second-order valence-corrected chi connectivity index (χ2v) is 4.66. The number of amides is 1. The standard InChI is InChI=1S/C14H18FNO/c1-2-16-13(17)14(9-3-4-10-14)11-5-7-12(15)8-6-11/h5-8H,2-4,9-10H2,1H3,(H,16,17). The van der Waals surface area contributed by atoms with E-state index in [1.807, 2.05) is 6.92 Å². The fourth-order valence-corrected chi connectivity index (χ4v) is 2.72. The minimum atomic E-state index is -0.427. The van der Waals surface area contributed by atoms with E-state index in [-0.39, 0.29) is 11.7 Å². The van der Waals surface area contributed by atoms with E-state index in [4.69, 9.17) is 0 Å². The molecule has 0 atom stereocenters. The lowest BCUT2D eigenvalue weighted by atomic mass is 9.78. The van der Waals surface area contributed by atoms with Gasteiger partial charge in [-0.15, -0.1) is 0 Å². The Balaban J connectivity index is 2.34. The molecule has 0 unspecified atom stereocenters. The summed E-state index contributed by atoms with van der Waals surface area (Å²) < 4.78 is 12.9. The van der Waals surface area contributed by atoms with Crippen LogP contribution in [0.3, 0.4) is 0 Å². The van der Waals surface area contributed by atoms with Crippen LogP contribution in [0.4, 0.5) is 4.39 Å². The van der Waals surface area contributed by atoms with E-state index in [1.165, 1.54) is 12.1 Å². The van der Waals surface area contributed by atoms with Gasteiger partial charge in [0.15, 0.2) is 0 Å². The van der Waals surface area contributed by atoms with Gasteiger partial charge in [0, 0.05) is 6.54 Å². The SMILES string of the molecule is CCNC(=O)C1(c2ccc(F)cc2)CCCC1. The van der Waals surface area contributed by atoms with Gasteiger partial charge in [-0.1, -0.05) is 25.0 Å². The Morgan fingerprint density at radius 1 is 1.29 bits per heavy atom. The first kappa shape index (κ1) is 12.1. The summed E-state index contributed by atoms with van der Waals surface area (Å²) in [5.74, 6) is -0.165. The van der Waals surface area contributed by atoms with Crippen LogP contribution in [0.15, 0.2) is 24.3 Å². The van der Waals surface area contributed by atoms with Crippen LogP contribution in [0.5, 0.6) is 0 Å². The number of benzene rings is 1. The maximum Gasteiger partial charge on any atom is 0.230 e. The normalized spacial score (nSPS) is 18.0. The topological polar surface area (TPSA) is 29.1 Å². The van der Waals surface area contributed by atoms with Gasteiger partial charge in [0.1, 0.15) is 5.82 Å². The highest BCUT2D eigenvalue weighted by molar-refractivity contribution is 5.88. The highest BCUT2D eigenvalue weighted by Gasteiger charge is 2.42. The van der Waals surface area contributed by atoms with Crippen molar-refractivity contribution in [1.29, 1.82) is 0 Å². The van der Waals surface area contributed by atoms with E-state index < -0.39 is 5.41 Å². The maximum atomic E-state index is 12.9. The molecule has 92 valence electrons. The zero-order chi connectivity index (χ0) is 12.3. The molecule has 1 aromatic carbocycles. The van der Waals surface area contributed by atoms with Gasteiger partial charge in [-0.2, -0.15) is 0 Å². The van der Waals surface area contributed by atoms with Crippen molar-refractivity contribution in [2.45, 2.75) is 38.0 Å². The molecule has 0 heterocycles. The number of hydrogen-bond acceptors (Lipinski definition) is 1. The third kappa shape index (κ3) is 2.19. The number of halogens is 1. The van der Waals surface area contributed by atoms with E-state index in [1.54, 1.807) is 12.1 Å². The Morgan fingerprint density at radius 2 is 1.88 bits per heavy atom. The van der Waals surface area contributed by atoms with Gasteiger partial charge in [0.25, 0.3) is 0 Å². The molecule has 0 bridgehead atoms. The monoisotopic (exact) mass is 235 g/mol. The van der Waals surface area contributed by atoms with E-state index in [0.717, 1.165) is 31.2 Å². The first-order valence-electron chi connectivity index (χ1n) is 6.23. The van der Waals surface area contributed by atoms with Crippen molar-refractivity contribution in [1.82, 2.24) is 5.32 Å². The fraction of sp³-hybridized carbons (Fsp3) is 0.500. The average Bonchev–Trinajstić information content (AvgIpc) is 2.81. The zero-order valence-electron chi connectivity index (χ0n) is 10.1. The molecule has 0 aromatic heterocycles. The maximum absolute atomic E-state index is 12.9. The summed E-state index contributed by atoms with van der Waals surface area (Å²) in [5, 5.41) is 2.91. The van der Waals surface area contributed by atoms with Crippen LogP contribution < -0.4 is 5.32 Å². The number of hydrogen-bond donors (Lipinski definition) is 1. The zero-order valence-corrected chi connectivity index (χ0v) is 10.1. The van der Waals surface area contributed by atoms with Crippen LogP contribution in [0.2, 0.25) is 0 Å². The van der Waals surface area contributed by atoms with Crippen molar-refractivity contribution in [3.63, 3.8) is 0 Å². The molecule has 0 spiro atoms. The molecule has 2 rings (SSSR count). The molecule has 17 heavy (non-hydrogen) atoms. The molecule has 2 nitrogen and oxygen atoms in total. The molecular weight excluding hydrogens is 217 g/mol. The molecule has 1 fully saturated rings. The van der Waals surface area contributed by atoms with E-state index >= 15 is 0 Å². The summed E-state index contributed by atoms with van der Waals surface area (Å²) >= 11 is 0. The molecule has 0 radical (unpaired) electrons. The quantitative estimate of drug-likeness (QED) is 0.857. The first-order chi connectivity index (χ1) is 8.19. The van der Waals surface area contributed by atoms with Gasteiger partial charge in [0.2, 0.25) is 5.91 Å². The molecular formula is C14H18FNO. The fourth-order valence-electron chi connectivity index (χ4n) is 2.72. The Kier molecular flexibility index (Phi) is 3.46. The Bertz CT molecular complexity index is 393. The Morgan fingerprint density at radius 3 is 2.41 bits per heavy atom. The molecule has 1 amide bonds. The van der Waals surface area contributed by atoms with Crippen molar-refractivity contribution >= 4 is 5.91 Å². The molecule has 0 aliphatic heterocycles. The van der Waals surface area contributed by atoms with Crippen LogP contribution in [-0.2, 0) is 10.2 Å². The average molecular weight is 235 g/mol. The summed E-state index contributed by atoms with van der Waals surface area (Å²) in [4.78, 5) is 12.2. The lowest BCUT2D eigenvalue weighted by Crippen LogP contribution is -2.42. The van der Waals surface area contributed by atoms with E-state index in [2.05, 4.69) is 5.32 Å². The molecule has 1 aliphatic rings. The second-order valence-electron chi connectivity index (χ2n) is 4.66. The number of carbonyl (C=O) groups excluding carboxylic acids is 1. The molecule has 1 saturated carbocycles. The van der Waals surface area contributed by atoms with Gasteiger partial charge in [0.05, 0.1) is 5.41 Å². The van der Waals surface area contributed by atoms with Crippen LogP contribution in [0.25, 0.3) is 0 Å². The number of carbonyl (C=O) groups is 1. The molecule has 1 N–H and O–H groups in total. The van der Waals surface area contributed by atoms with Crippen molar-refractivity contribution in [3.8, 4) is 0 Å². The van der Waals surface area contributed by atoms with E-state index in [9.17, 15) is 9.18 Å². The predicted octanol–water partition coefficient (Wildman–Crippen LogP) is 2.77. The van der Waals surface area contributed by atoms with Crippen LogP contribution in [0.1, 0.15) is 38.2 Å². The molecule has 1 aromatic rings. The predicted molar refractivity (Wildman–Crippen MR) is 65.2 cm³/mol. The summed E-state index contributed by atoms with van der Waals surface area (Å²) in [6.45, 7) is 2.56. The second kappa shape index (κ2) is 4.86. The minimum Gasteiger partial charge on any atom is -0.356 e. The molecule has 1 aliphatic carbocycles. The first-order valence-corrected chi connectivity index (χ1v) is 6.23. The highest BCUT2D eigenvalue weighted by Crippen LogP contribution is 2.41. The van der Waals surface area contributed by atoms with Gasteiger partial charge in [-0.25, -0.2) is 4.39 Å². The van der Waals surface area contributed by atoms with Crippen LogP contribution in [0, 0.1) is 5.82 Å². The van der Waals surface area contributed by atoms with Gasteiger partial charge < -0.3 is 5.32 Å². The summed E-state index contributed by atoms with van der Waals surface area (Å²) in [5.41, 5.74) is 0.520. The highest BCUT2D eigenvalue weighted by atomic mass is 19.1. The van der Waals surface area contributed by atoms with Crippen molar-refractivity contribution in [3.05, 3.63) is 35.6 Å². The smallest absolute Gasteiger partial charge is 0.230 e. The van der Waals surface area contributed by atoms with Crippen molar-refractivity contribution in [2.75, 3.05) is 6.54 Å². The largest absolute Gasteiger partial charge is 0.356 e. The lowest BCUT2D eigenvalue weighted by molar-refractivity contribution is -0.126. The van der Waals surface area contributed by atoms with Gasteiger partial charge in [-0.3, -0.25) is 4.79 Å². The van der Waals surface area contributed by atoms with Crippen molar-refractivity contribution in [2.24, 2.45) is 0 Å². The summed E-state index contributed by atoms with van der Waals surface area (Å²) in [6, 6.07) is 6.37. The van der Waals surface area contributed by atoms with Crippen LogP contribution in [-0.4, -0.2) is 12.5 Å². The molecule has 0 saturated heterocycles. The third-order valence-electron chi connectivity index (χ3n) is 3.63. The van der Waals surface area contributed by atoms with Crippen LogP contribution >= 0.6 is 0 Å². The molecule has 3 heteroatoms. The number of nitrogens with one attached hydrogen (secondary N) is 1. The Labute approximate surface area is 101 Å². The van der Waals surface area contributed by atoms with Gasteiger partial charge >= 0.3 is 0 Å². The van der Waals surface area contributed by atoms with Crippen molar-refractivity contribution < 1.29 is 9.18 Å². The minimum absolute atomic E-state index is 0.0871.